The molecule has 0 aromatic heterocycles. The summed E-state index contributed by atoms with van der Waals surface area (Å²) in [6.07, 6.45) is 0. The quantitative estimate of drug-likeness (QED) is 0.514. The number of carbonyl (C=O) groups is 1. The Morgan fingerprint density at radius 2 is 1.88 bits per heavy atom. The average Bonchev–Trinajstić information content (AvgIpc) is 2.80. The van der Waals surface area contributed by atoms with Crippen LogP contribution in [0.25, 0.3) is 0 Å². The molecule has 0 spiro atoms. The van der Waals surface area contributed by atoms with Crippen molar-refractivity contribution in [2.75, 3.05) is 17.3 Å². The van der Waals surface area contributed by atoms with E-state index in [9.17, 15) is 4.79 Å². The van der Waals surface area contributed by atoms with Crippen molar-refractivity contribution in [1.82, 2.24) is 5.32 Å². The van der Waals surface area contributed by atoms with E-state index in [0.29, 0.717) is 16.6 Å². The van der Waals surface area contributed by atoms with E-state index in [1.165, 1.54) is 0 Å². The molecule has 3 aromatic carbocycles. The maximum absolute atomic E-state index is 13.9. The number of hydrogen-bond donors (Lipinski definition) is 2. The summed E-state index contributed by atoms with van der Waals surface area (Å²) in [6, 6.07) is 21.0. The highest BCUT2D eigenvalue weighted by atomic mass is 32.1. The Kier molecular flexibility index (Phi) is 5.44. The van der Waals surface area contributed by atoms with Crippen LogP contribution in [0.5, 0.6) is 11.5 Å². The molecule has 3 aromatic rings. The number of anilines is 2. The van der Waals surface area contributed by atoms with Crippen LogP contribution in [0.3, 0.4) is 0 Å². The van der Waals surface area contributed by atoms with Gasteiger partial charge in [-0.3, -0.25) is 9.69 Å². The molecule has 0 aliphatic carbocycles. The van der Waals surface area contributed by atoms with Crippen molar-refractivity contribution < 1.29 is 14.3 Å². The number of thiocarbonyl (C=S) groups is 1. The molecule has 2 N–H and O–H groups in total. The molecule has 5 rings (SSSR count). The smallest absolute Gasteiger partial charge is 0.236 e. The van der Waals surface area contributed by atoms with E-state index in [2.05, 4.69) is 16.7 Å². The number of aryl methyl sites for hydroxylation is 2. The Balaban J connectivity index is 1.63. The highest BCUT2D eigenvalue weighted by Crippen LogP contribution is 2.50. The van der Waals surface area contributed by atoms with Crippen molar-refractivity contribution in [3.8, 4) is 11.5 Å². The molecule has 2 aliphatic rings. The average molecular weight is 474 g/mol. The van der Waals surface area contributed by atoms with Crippen LogP contribution in [0.4, 0.5) is 11.4 Å². The lowest BCUT2D eigenvalue weighted by atomic mass is 9.78. The van der Waals surface area contributed by atoms with Gasteiger partial charge in [-0.05, 0) is 75.0 Å². The molecule has 1 fully saturated rings. The molecule has 174 valence electrons. The van der Waals surface area contributed by atoms with Crippen molar-refractivity contribution in [3.05, 3.63) is 83.4 Å². The Bertz CT molecular complexity index is 1280. The van der Waals surface area contributed by atoms with Crippen LogP contribution in [0, 0.1) is 19.8 Å². The predicted molar refractivity (Wildman–Crippen MR) is 137 cm³/mol. The van der Waals surface area contributed by atoms with Crippen molar-refractivity contribution in [2.24, 2.45) is 5.92 Å². The molecule has 2 aliphatic heterocycles. The number of methoxy groups -OCH3 is 1. The predicted octanol–water partition coefficient (Wildman–Crippen LogP) is 5.11. The Labute approximate surface area is 204 Å². The standard InChI is InChI=1S/C27H27N3O3S/c1-16-10-12-21(17(2)14-16)28-25(31)23-24-20-15-19(32-4)11-13-22(20)33-27(23,3)30(26(34)29-24)18-8-6-5-7-9-18/h5-15,23-24H,1-4H3,(H,28,31)(H,29,34)/t23-,24+,27+/m0/s1. The third-order valence-corrected chi connectivity index (χ3v) is 6.94. The van der Waals surface area contributed by atoms with Gasteiger partial charge in [-0.25, -0.2) is 0 Å². The topological polar surface area (TPSA) is 62.8 Å². The van der Waals surface area contributed by atoms with E-state index in [4.69, 9.17) is 21.7 Å². The van der Waals surface area contributed by atoms with Gasteiger partial charge in [-0.1, -0.05) is 35.9 Å². The van der Waals surface area contributed by atoms with Crippen LogP contribution in [-0.2, 0) is 4.79 Å². The number of nitrogens with zero attached hydrogens (tertiary/aromatic N) is 1. The number of rotatable bonds is 4. The largest absolute Gasteiger partial charge is 0.497 e. The van der Waals surface area contributed by atoms with Gasteiger partial charge in [0.15, 0.2) is 10.8 Å². The van der Waals surface area contributed by atoms with Gasteiger partial charge in [0, 0.05) is 16.9 Å². The van der Waals surface area contributed by atoms with Gasteiger partial charge in [-0.2, -0.15) is 0 Å². The Morgan fingerprint density at radius 1 is 1.12 bits per heavy atom. The van der Waals surface area contributed by atoms with Gasteiger partial charge >= 0.3 is 0 Å². The van der Waals surface area contributed by atoms with Crippen LogP contribution in [-0.4, -0.2) is 23.9 Å². The minimum Gasteiger partial charge on any atom is -0.497 e. The minimum atomic E-state index is -1.06. The normalized spacial score (nSPS) is 22.8. The number of benzene rings is 3. The first-order valence-corrected chi connectivity index (χ1v) is 11.6. The van der Waals surface area contributed by atoms with Gasteiger partial charge < -0.3 is 20.1 Å². The van der Waals surface area contributed by atoms with Gasteiger partial charge in [-0.15, -0.1) is 0 Å². The molecule has 2 heterocycles. The maximum Gasteiger partial charge on any atom is 0.236 e. The maximum atomic E-state index is 13.9. The molecule has 3 atom stereocenters. The molecule has 0 unspecified atom stereocenters. The molecule has 7 heteroatoms. The Hall–Kier alpha value is -3.58. The van der Waals surface area contributed by atoms with Crippen LogP contribution in [0.2, 0.25) is 0 Å². The van der Waals surface area contributed by atoms with E-state index in [1.807, 2.05) is 86.3 Å². The summed E-state index contributed by atoms with van der Waals surface area (Å²) in [5.41, 5.74) is 3.56. The second kappa shape index (κ2) is 8.33. The fraction of sp³-hybridized carbons (Fsp3) is 0.259. The Morgan fingerprint density at radius 3 is 2.59 bits per heavy atom. The van der Waals surface area contributed by atoms with Crippen molar-refractivity contribution in [3.63, 3.8) is 0 Å². The van der Waals surface area contributed by atoms with Crippen LogP contribution < -0.4 is 25.0 Å². The lowest BCUT2D eigenvalue weighted by Crippen LogP contribution is -2.72. The zero-order chi connectivity index (χ0) is 24.0. The number of hydrogen-bond acceptors (Lipinski definition) is 4. The first-order chi connectivity index (χ1) is 16.3. The first-order valence-electron chi connectivity index (χ1n) is 11.2. The number of ether oxygens (including phenoxy) is 2. The summed E-state index contributed by atoms with van der Waals surface area (Å²) in [6.45, 7) is 5.96. The highest BCUT2D eigenvalue weighted by molar-refractivity contribution is 7.80. The fourth-order valence-electron chi connectivity index (χ4n) is 5.02. The molecular weight excluding hydrogens is 446 g/mol. The number of carbonyl (C=O) groups excluding carboxylic acids is 1. The highest BCUT2D eigenvalue weighted by Gasteiger charge is 2.59. The number of amides is 1. The zero-order valence-electron chi connectivity index (χ0n) is 19.6. The molecule has 6 nitrogen and oxygen atoms in total. The fourth-order valence-corrected chi connectivity index (χ4v) is 5.43. The summed E-state index contributed by atoms with van der Waals surface area (Å²) in [5.74, 6) is 0.626. The molecule has 0 saturated carbocycles. The van der Waals surface area contributed by atoms with Crippen molar-refractivity contribution in [2.45, 2.75) is 32.5 Å². The minimum absolute atomic E-state index is 0.149. The molecular formula is C27H27N3O3S. The van der Waals surface area contributed by atoms with Crippen LogP contribution in [0.15, 0.2) is 66.7 Å². The van der Waals surface area contributed by atoms with Gasteiger partial charge in [0.25, 0.3) is 0 Å². The summed E-state index contributed by atoms with van der Waals surface area (Å²) in [4.78, 5) is 15.8. The molecule has 1 saturated heterocycles. The number of fused-ring (bicyclic) bond motifs is 4. The molecule has 1 amide bonds. The number of nitrogens with one attached hydrogen (secondary N) is 2. The first kappa shape index (κ1) is 22.2. The molecule has 2 bridgehead atoms. The van der Waals surface area contributed by atoms with Crippen LogP contribution in [0.1, 0.15) is 29.7 Å². The van der Waals surface area contributed by atoms with Gasteiger partial charge in [0.05, 0.1) is 13.2 Å². The van der Waals surface area contributed by atoms with E-state index in [-0.39, 0.29) is 11.9 Å². The zero-order valence-corrected chi connectivity index (χ0v) is 20.4. The lowest BCUT2D eigenvalue weighted by molar-refractivity contribution is -0.130. The van der Waals surface area contributed by atoms with Crippen molar-refractivity contribution in [1.29, 1.82) is 0 Å². The summed E-state index contributed by atoms with van der Waals surface area (Å²) in [5, 5.41) is 7.08. The van der Waals surface area contributed by atoms with E-state index in [1.54, 1.807) is 7.11 Å². The lowest BCUT2D eigenvalue weighted by Gasteiger charge is -2.56. The summed E-state index contributed by atoms with van der Waals surface area (Å²) in [7, 11) is 1.62. The summed E-state index contributed by atoms with van der Waals surface area (Å²) >= 11 is 5.80. The van der Waals surface area contributed by atoms with E-state index in [0.717, 1.165) is 28.1 Å². The van der Waals surface area contributed by atoms with Crippen molar-refractivity contribution >= 4 is 34.6 Å². The van der Waals surface area contributed by atoms with E-state index < -0.39 is 11.6 Å². The number of para-hydroxylation sites is 1. The summed E-state index contributed by atoms with van der Waals surface area (Å²) < 4.78 is 12.1. The second-order valence-electron chi connectivity index (χ2n) is 8.94. The SMILES string of the molecule is COc1ccc2c(c1)[C@H]1NC(=S)N(c3ccccc3)[C@](C)(O2)[C@@H]1C(=O)Nc1ccc(C)cc1C. The van der Waals surface area contributed by atoms with Gasteiger partial charge in [0.1, 0.15) is 17.4 Å². The third-order valence-electron chi connectivity index (χ3n) is 6.64. The molecule has 0 radical (unpaired) electrons. The van der Waals surface area contributed by atoms with Gasteiger partial charge in [0.2, 0.25) is 5.91 Å². The molecule has 34 heavy (non-hydrogen) atoms. The monoisotopic (exact) mass is 473 g/mol. The van der Waals surface area contributed by atoms with E-state index >= 15 is 0 Å². The second-order valence-corrected chi connectivity index (χ2v) is 9.33. The third kappa shape index (κ3) is 3.56. The van der Waals surface area contributed by atoms with Crippen LogP contribution >= 0.6 is 12.2 Å².